The third-order valence-electron chi connectivity index (χ3n) is 5.21. The van der Waals surface area contributed by atoms with Gasteiger partial charge in [0.2, 0.25) is 5.91 Å². The molecule has 2 saturated heterocycles. The average Bonchev–Trinajstić information content (AvgIpc) is 3.16. The first-order chi connectivity index (χ1) is 11.7. The monoisotopic (exact) mass is 332 g/mol. The molecule has 1 aromatic rings. The number of ether oxygens (including phenoxy) is 2. The molecular weight excluding hydrogens is 304 g/mol. The molecule has 2 aliphatic heterocycles. The van der Waals surface area contributed by atoms with Crippen molar-refractivity contribution in [2.75, 3.05) is 32.9 Å². The third-order valence-corrected chi connectivity index (χ3v) is 5.21. The van der Waals surface area contributed by atoms with E-state index in [0.29, 0.717) is 13.2 Å². The molecule has 1 aromatic carbocycles. The Morgan fingerprint density at radius 1 is 1.33 bits per heavy atom. The summed E-state index contributed by atoms with van der Waals surface area (Å²) < 4.78 is 11.1. The van der Waals surface area contributed by atoms with E-state index in [1.165, 1.54) is 5.56 Å². The molecule has 0 aliphatic carbocycles. The van der Waals surface area contributed by atoms with Crippen LogP contribution in [0.1, 0.15) is 38.2 Å². The van der Waals surface area contributed by atoms with E-state index in [1.54, 1.807) is 0 Å². The molecule has 0 aromatic heterocycles. The molecule has 2 N–H and O–H groups in total. The SMILES string of the molecule is CCOc1ccc(C2(CNC(=O)C3CCCN3)CCOCC2)cc1. The first-order valence-corrected chi connectivity index (χ1v) is 9.06. The normalized spacial score (nSPS) is 23.0. The Bertz CT molecular complexity index is 532. The van der Waals surface area contributed by atoms with Crippen LogP contribution in [0.2, 0.25) is 0 Å². The Balaban J connectivity index is 1.70. The van der Waals surface area contributed by atoms with Crippen LogP contribution in [0.5, 0.6) is 5.75 Å². The molecule has 3 rings (SSSR count). The molecule has 2 fully saturated rings. The number of hydrogen-bond donors (Lipinski definition) is 2. The van der Waals surface area contributed by atoms with Gasteiger partial charge < -0.3 is 20.1 Å². The van der Waals surface area contributed by atoms with Crippen LogP contribution in [0.3, 0.4) is 0 Å². The third kappa shape index (κ3) is 3.90. The largest absolute Gasteiger partial charge is 0.494 e. The second-order valence-electron chi connectivity index (χ2n) is 6.72. The van der Waals surface area contributed by atoms with E-state index in [-0.39, 0.29) is 17.4 Å². The van der Waals surface area contributed by atoms with Gasteiger partial charge in [0.15, 0.2) is 0 Å². The number of amides is 1. The summed E-state index contributed by atoms with van der Waals surface area (Å²) in [6.45, 7) is 5.75. The molecule has 5 nitrogen and oxygen atoms in total. The van der Waals surface area contributed by atoms with Gasteiger partial charge >= 0.3 is 0 Å². The van der Waals surface area contributed by atoms with Gasteiger partial charge in [0, 0.05) is 25.2 Å². The van der Waals surface area contributed by atoms with E-state index >= 15 is 0 Å². The van der Waals surface area contributed by atoms with Gasteiger partial charge in [0.25, 0.3) is 0 Å². The summed E-state index contributed by atoms with van der Waals surface area (Å²) >= 11 is 0. The van der Waals surface area contributed by atoms with Gasteiger partial charge in [-0.1, -0.05) is 12.1 Å². The molecule has 24 heavy (non-hydrogen) atoms. The van der Waals surface area contributed by atoms with Crippen LogP contribution in [-0.2, 0) is 14.9 Å². The average molecular weight is 332 g/mol. The highest BCUT2D eigenvalue weighted by Crippen LogP contribution is 2.35. The quantitative estimate of drug-likeness (QED) is 0.836. The molecule has 5 heteroatoms. The van der Waals surface area contributed by atoms with E-state index in [0.717, 1.165) is 51.2 Å². The lowest BCUT2D eigenvalue weighted by atomic mass is 9.74. The summed E-state index contributed by atoms with van der Waals surface area (Å²) in [7, 11) is 0. The zero-order chi connectivity index (χ0) is 16.8. The topological polar surface area (TPSA) is 59.6 Å². The maximum Gasteiger partial charge on any atom is 0.237 e. The molecule has 2 aliphatic rings. The van der Waals surface area contributed by atoms with E-state index in [9.17, 15) is 4.79 Å². The van der Waals surface area contributed by atoms with Crippen molar-refractivity contribution in [1.82, 2.24) is 10.6 Å². The minimum absolute atomic E-state index is 0.0257. The van der Waals surface area contributed by atoms with Crippen LogP contribution in [-0.4, -0.2) is 44.9 Å². The van der Waals surface area contributed by atoms with Gasteiger partial charge in [-0.05, 0) is 56.8 Å². The van der Waals surface area contributed by atoms with Crippen molar-refractivity contribution in [1.29, 1.82) is 0 Å². The fourth-order valence-corrected chi connectivity index (χ4v) is 3.69. The van der Waals surface area contributed by atoms with Crippen molar-refractivity contribution in [2.45, 2.75) is 44.1 Å². The van der Waals surface area contributed by atoms with Crippen LogP contribution >= 0.6 is 0 Å². The second kappa shape index (κ2) is 7.99. The van der Waals surface area contributed by atoms with Crippen LogP contribution in [0.4, 0.5) is 0 Å². The number of carbonyl (C=O) groups is 1. The standard InChI is InChI=1S/C19H28N2O3/c1-2-24-16-7-5-15(6-8-16)19(9-12-23-13-10-19)14-21-18(22)17-4-3-11-20-17/h5-8,17,20H,2-4,9-14H2,1H3,(H,21,22). The number of nitrogens with one attached hydrogen (secondary N) is 2. The van der Waals surface area contributed by atoms with E-state index in [2.05, 4.69) is 22.8 Å². The first kappa shape index (κ1) is 17.2. The van der Waals surface area contributed by atoms with Crippen LogP contribution in [0.25, 0.3) is 0 Å². The van der Waals surface area contributed by atoms with Crippen molar-refractivity contribution in [3.8, 4) is 5.75 Å². The minimum Gasteiger partial charge on any atom is -0.494 e. The minimum atomic E-state index is -0.0444. The highest BCUT2D eigenvalue weighted by Gasteiger charge is 2.35. The zero-order valence-electron chi connectivity index (χ0n) is 14.5. The van der Waals surface area contributed by atoms with Crippen molar-refractivity contribution < 1.29 is 14.3 Å². The van der Waals surface area contributed by atoms with Crippen LogP contribution in [0.15, 0.2) is 24.3 Å². The lowest BCUT2D eigenvalue weighted by molar-refractivity contribution is -0.123. The summed E-state index contributed by atoms with van der Waals surface area (Å²) in [5, 5.41) is 6.45. The molecule has 0 bridgehead atoms. The Morgan fingerprint density at radius 3 is 2.71 bits per heavy atom. The van der Waals surface area contributed by atoms with Gasteiger partial charge in [-0.25, -0.2) is 0 Å². The number of benzene rings is 1. The smallest absolute Gasteiger partial charge is 0.237 e. The molecule has 1 amide bonds. The fraction of sp³-hybridized carbons (Fsp3) is 0.632. The van der Waals surface area contributed by atoms with Crippen LogP contribution in [0, 0.1) is 0 Å². The summed E-state index contributed by atoms with van der Waals surface area (Å²) in [6.07, 6.45) is 3.87. The summed E-state index contributed by atoms with van der Waals surface area (Å²) in [5.74, 6) is 1.02. The van der Waals surface area contributed by atoms with Gasteiger partial charge in [-0.2, -0.15) is 0 Å². The van der Waals surface area contributed by atoms with E-state index in [1.807, 2.05) is 19.1 Å². The zero-order valence-corrected chi connectivity index (χ0v) is 14.5. The highest BCUT2D eigenvalue weighted by molar-refractivity contribution is 5.82. The van der Waals surface area contributed by atoms with Gasteiger partial charge in [-0.3, -0.25) is 4.79 Å². The first-order valence-electron chi connectivity index (χ1n) is 9.06. The molecule has 0 spiro atoms. The molecule has 132 valence electrons. The number of carbonyl (C=O) groups excluding carboxylic acids is 1. The van der Waals surface area contributed by atoms with Gasteiger partial charge in [-0.15, -0.1) is 0 Å². The highest BCUT2D eigenvalue weighted by atomic mass is 16.5. The Labute approximate surface area is 144 Å². The maximum atomic E-state index is 12.4. The van der Waals surface area contributed by atoms with Gasteiger partial charge in [0.1, 0.15) is 5.75 Å². The second-order valence-corrected chi connectivity index (χ2v) is 6.72. The predicted molar refractivity (Wildman–Crippen MR) is 93.4 cm³/mol. The van der Waals surface area contributed by atoms with Crippen molar-refractivity contribution >= 4 is 5.91 Å². The molecule has 2 heterocycles. The van der Waals surface area contributed by atoms with Gasteiger partial charge in [0.05, 0.1) is 12.6 Å². The molecular formula is C19H28N2O3. The van der Waals surface area contributed by atoms with Crippen molar-refractivity contribution in [3.63, 3.8) is 0 Å². The summed E-state index contributed by atoms with van der Waals surface area (Å²) in [4.78, 5) is 12.4. The Morgan fingerprint density at radius 2 is 2.08 bits per heavy atom. The molecule has 0 radical (unpaired) electrons. The lowest BCUT2D eigenvalue weighted by Gasteiger charge is -2.38. The van der Waals surface area contributed by atoms with Crippen molar-refractivity contribution in [2.24, 2.45) is 0 Å². The van der Waals surface area contributed by atoms with E-state index < -0.39 is 0 Å². The molecule has 1 atom stereocenters. The van der Waals surface area contributed by atoms with Crippen molar-refractivity contribution in [3.05, 3.63) is 29.8 Å². The lowest BCUT2D eigenvalue weighted by Crippen LogP contribution is -2.48. The predicted octanol–water partition coefficient (Wildman–Crippen LogP) is 2.00. The molecule has 0 saturated carbocycles. The summed E-state index contributed by atoms with van der Waals surface area (Å²) in [6, 6.07) is 8.29. The number of rotatable bonds is 6. The number of hydrogen-bond acceptors (Lipinski definition) is 4. The van der Waals surface area contributed by atoms with E-state index in [4.69, 9.17) is 9.47 Å². The Kier molecular flexibility index (Phi) is 5.74. The van der Waals surface area contributed by atoms with Crippen LogP contribution < -0.4 is 15.4 Å². The Hall–Kier alpha value is -1.59. The fourth-order valence-electron chi connectivity index (χ4n) is 3.69. The molecule has 1 unspecified atom stereocenters. The maximum absolute atomic E-state index is 12.4. The summed E-state index contributed by atoms with van der Waals surface area (Å²) in [5.41, 5.74) is 1.21.